The lowest BCUT2D eigenvalue weighted by Gasteiger charge is -2.02. The lowest BCUT2D eigenvalue weighted by Crippen LogP contribution is -2.00. The first-order chi connectivity index (χ1) is 14.7. The third-order valence-corrected chi connectivity index (χ3v) is 5.10. The van der Waals surface area contributed by atoms with Crippen LogP contribution in [-0.4, -0.2) is 33.1 Å². The average molecular weight is 411 g/mol. The van der Waals surface area contributed by atoms with Crippen molar-refractivity contribution in [3.05, 3.63) is 42.2 Å². The van der Waals surface area contributed by atoms with Crippen molar-refractivity contribution in [2.24, 2.45) is 0 Å². The fraction of sp³-hybridized carbons (Fsp3) is 0.478. The summed E-state index contributed by atoms with van der Waals surface area (Å²) in [5, 5.41) is 12.7. The van der Waals surface area contributed by atoms with Crippen molar-refractivity contribution in [1.29, 1.82) is 0 Å². The molecule has 0 atom stereocenters. The molecule has 0 unspecified atom stereocenters. The molecule has 7 heteroatoms. The number of hydrogen-bond donors (Lipinski definition) is 0. The van der Waals surface area contributed by atoms with Gasteiger partial charge in [-0.1, -0.05) is 51.9 Å². The number of benzene rings is 1. The zero-order valence-electron chi connectivity index (χ0n) is 17.8. The smallest absolute Gasteiger partial charge is 0.337 e. The minimum Gasteiger partial charge on any atom is -0.465 e. The molecule has 0 saturated carbocycles. The second-order valence-electron chi connectivity index (χ2n) is 7.45. The Morgan fingerprint density at radius 3 is 2.23 bits per heavy atom. The lowest BCUT2D eigenvalue weighted by atomic mass is 10.1. The van der Waals surface area contributed by atoms with Crippen LogP contribution in [0.3, 0.4) is 0 Å². The van der Waals surface area contributed by atoms with E-state index in [0.717, 1.165) is 24.1 Å². The Balaban J connectivity index is 1.49. The van der Waals surface area contributed by atoms with Gasteiger partial charge in [0.2, 0.25) is 5.89 Å². The molecule has 3 rings (SSSR count). The molecule has 1 aromatic carbocycles. The Hall–Kier alpha value is -2.96. The van der Waals surface area contributed by atoms with Crippen molar-refractivity contribution < 1.29 is 13.9 Å². The molecule has 0 fully saturated rings. The van der Waals surface area contributed by atoms with E-state index in [1.54, 1.807) is 30.5 Å². The molecule has 0 aliphatic heterocycles. The second-order valence-corrected chi connectivity index (χ2v) is 7.45. The fourth-order valence-electron chi connectivity index (χ4n) is 3.33. The van der Waals surface area contributed by atoms with Gasteiger partial charge in [-0.3, -0.25) is 4.68 Å². The number of unbranched alkanes of at least 4 members (excludes halogenated alkanes) is 7. The van der Waals surface area contributed by atoms with Crippen LogP contribution in [0.15, 0.2) is 41.1 Å². The summed E-state index contributed by atoms with van der Waals surface area (Å²) in [6.07, 6.45) is 14.0. The van der Waals surface area contributed by atoms with Crippen molar-refractivity contribution >= 4 is 5.97 Å². The highest BCUT2D eigenvalue weighted by Crippen LogP contribution is 2.24. The molecule has 0 spiro atoms. The predicted octanol–water partition coefficient (Wildman–Crippen LogP) is 5.53. The van der Waals surface area contributed by atoms with Crippen LogP contribution in [0, 0.1) is 0 Å². The Morgan fingerprint density at radius 1 is 0.933 bits per heavy atom. The van der Waals surface area contributed by atoms with Gasteiger partial charge in [-0.2, -0.15) is 5.10 Å². The first-order valence-electron chi connectivity index (χ1n) is 10.8. The molecule has 0 radical (unpaired) electrons. The van der Waals surface area contributed by atoms with Gasteiger partial charge in [0, 0.05) is 18.3 Å². The summed E-state index contributed by atoms with van der Waals surface area (Å²) in [5.41, 5.74) is 2.02. The van der Waals surface area contributed by atoms with E-state index in [9.17, 15) is 4.79 Å². The summed E-state index contributed by atoms with van der Waals surface area (Å²) in [4.78, 5) is 11.5. The van der Waals surface area contributed by atoms with Crippen molar-refractivity contribution in [2.75, 3.05) is 7.11 Å². The van der Waals surface area contributed by atoms with E-state index in [-0.39, 0.29) is 5.97 Å². The van der Waals surface area contributed by atoms with E-state index in [0.29, 0.717) is 17.3 Å². The van der Waals surface area contributed by atoms with Crippen LogP contribution in [0.5, 0.6) is 0 Å². The van der Waals surface area contributed by atoms with Crippen LogP contribution in [0.1, 0.15) is 68.6 Å². The van der Waals surface area contributed by atoms with Gasteiger partial charge >= 0.3 is 5.97 Å². The number of carbonyl (C=O) groups is 1. The topological polar surface area (TPSA) is 83.0 Å². The number of ether oxygens (including phenoxy) is 1. The van der Waals surface area contributed by atoms with Crippen LogP contribution in [0.25, 0.3) is 22.9 Å². The Morgan fingerprint density at radius 2 is 1.57 bits per heavy atom. The molecule has 7 nitrogen and oxygen atoms in total. The minimum atomic E-state index is -0.378. The van der Waals surface area contributed by atoms with E-state index >= 15 is 0 Å². The molecule has 0 amide bonds. The van der Waals surface area contributed by atoms with Crippen LogP contribution in [0.4, 0.5) is 0 Å². The second kappa shape index (κ2) is 11.3. The van der Waals surface area contributed by atoms with Crippen LogP contribution in [-0.2, 0) is 11.3 Å². The molecular weight excluding hydrogens is 380 g/mol. The van der Waals surface area contributed by atoms with E-state index in [1.807, 2.05) is 10.9 Å². The summed E-state index contributed by atoms with van der Waals surface area (Å²) in [7, 11) is 1.36. The van der Waals surface area contributed by atoms with Crippen LogP contribution in [0.2, 0.25) is 0 Å². The summed E-state index contributed by atoms with van der Waals surface area (Å²) < 4.78 is 12.4. The van der Waals surface area contributed by atoms with Gasteiger partial charge in [0.15, 0.2) is 0 Å². The van der Waals surface area contributed by atoms with Gasteiger partial charge in [-0.05, 0) is 30.7 Å². The number of rotatable bonds is 12. The molecule has 0 N–H and O–H groups in total. The zero-order chi connectivity index (χ0) is 21.2. The summed E-state index contributed by atoms with van der Waals surface area (Å²) in [6.45, 7) is 3.14. The third-order valence-electron chi connectivity index (χ3n) is 5.10. The van der Waals surface area contributed by atoms with Crippen molar-refractivity contribution in [1.82, 2.24) is 20.0 Å². The minimum absolute atomic E-state index is 0.378. The van der Waals surface area contributed by atoms with Gasteiger partial charge in [0.05, 0.1) is 24.4 Å². The van der Waals surface area contributed by atoms with Crippen molar-refractivity contribution in [2.45, 2.75) is 64.8 Å². The first-order valence-corrected chi connectivity index (χ1v) is 10.8. The first kappa shape index (κ1) is 21.7. The molecule has 2 aromatic heterocycles. The van der Waals surface area contributed by atoms with E-state index in [2.05, 4.69) is 22.2 Å². The molecule has 0 bridgehead atoms. The van der Waals surface area contributed by atoms with Gasteiger partial charge in [0.25, 0.3) is 5.89 Å². The zero-order valence-corrected chi connectivity index (χ0v) is 17.8. The van der Waals surface area contributed by atoms with Gasteiger partial charge in [0.1, 0.15) is 0 Å². The maximum absolute atomic E-state index is 11.5. The van der Waals surface area contributed by atoms with Gasteiger partial charge < -0.3 is 9.15 Å². The molecule has 2 heterocycles. The number of aryl methyl sites for hydroxylation is 1. The number of aromatic nitrogens is 4. The van der Waals surface area contributed by atoms with Gasteiger partial charge in [-0.15, -0.1) is 10.2 Å². The highest BCUT2D eigenvalue weighted by Gasteiger charge is 2.13. The quantitative estimate of drug-likeness (QED) is 0.288. The maximum Gasteiger partial charge on any atom is 0.337 e. The molecule has 160 valence electrons. The molecule has 3 aromatic rings. The number of carbonyl (C=O) groups excluding carboxylic acids is 1. The summed E-state index contributed by atoms with van der Waals surface area (Å²) in [6, 6.07) is 6.87. The van der Waals surface area contributed by atoms with E-state index in [1.165, 1.54) is 52.1 Å². The van der Waals surface area contributed by atoms with E-state index in [4.69, 9.17) is 9.15 Å². The van der Waals surface area contributed by atoms with Crippen LogP contribution >= 0.6 is 0 Å². The Labute approximate surface area is 177 Å². The fourth-order valence-corrected chi connectivity index (χ4v) is 3.33. The monoisotopic (exact) mass is 410 g/mol. The Kier molecular flexibility index (Phi) is 8.18. The Bertz CT molecular complexity index is 915. The van der Waals surface area contributed by atoms with E-state index < -0.39 is 0 Å². The normalized spacial score (nSPS) is 11.0. The number of nitrogens with zero attached hydrogens (tertiary/aromatic N) is 4. The highest BCUT2D eigenvalue weighted by molar-refractivity contribution is 5.89. The lowest BCUT2D eigenvalue weighted by molar-refractivity contribution is 0.0600. The summed E-state index contributed by atoms with van der Waals surface area (Å²) >= 11 is 0. The van der Waals surface area contributed by atoms with Crippen molar-refractivity contribution in [3.63, 3.8) is 0 Å². The summed E-state index contributed by atoms with van der Waals surface area (Å²) in [5.74, 6) is 0.457. The third kappa shape index (κ3) is 6.02. The maximum atomic E-state index is 11.5. The molecule has 30 heavy (non-hydrogen) atoms. The van der Waals surface area contributed by atoms with Crippen molar-refractivity contribution in [3.8, 4) is 22.9 Å². The number of methoxy groups -OCH3 is 1. The SMILES string of the molecule is CCCCCCCCCCn1cc(-c2nnc(-c3ccc(C(=O)OC)cc3)o2)cn1. The molecule has 0 aliphatic carbocycles. The standard InChI is InChI=1S/C23H30N4O3/c1-3-4-5-6-7-8-9-10-15-27-17-20(16-24-27)22-26-25-21(30-22)18-11-13-19(14-12-18)23(28)29-2/h11-14,16-17H,3-10,15H2,1-2H3. The average Bonchev–Trinajstić information content (AvgIpc) is 3.45. The predicted molar refractivity (Wildman–Crippen MR) is 115 cm³/mol. The number of hydrogen-bond acceptors (Lipinski definition) is 6. The molecule has 0 aliphatic rings. The van der Waals surface area contributed by atoms with Crippen LogP contribution < -0.4 is 0 Å². The number of esters is 1. The molecular formula is C23H30N4O3. The van der Waals surface area contributed by atoms with Gasteiger partial charge in [-0.25, -0.2) is 4.79 Å². The largest absolute Gasteiger partial charge is 0.465 e. The molecule has 0 saturated heterocycles. The highest BCUT2D eigenvalue weighted by atomic mass is 16.5.